The zero-order valence-corrected chi connectivity index (χ0v) is 20.3. The second-order valence-corrected chi connectivity index (χ2v) is 10.1. The van der Waals surface area contributed by atoms with Crippen LogP contribution < -0.4 is 4.90 Å². The smallest absolute Gasteiger partial charge is 0.313 e. The van der Waals surface area contributed by atoms with Crippen molar-refractivity contribution in [3.63, 3.8) is 0 Å². The fourth-order valence-corrected chi connectivity index (χ4v) is 6.10. The van der Waals surface area contributed by atoms with Gasteiger partial charge in [-0.2, -0.15) is 0 Å². The summed E-state index contributed by atoms with van der Waals surface area (Å²) >= 11 is 6.06. The van der Waals surface area contributed by atoms with Crippen LogP contribution in [0.1, 0.15) is 26.2 Å². The first-order valence-corrected chi connectivity index (χ1v) is 12.4. The molecule has 1 N–H and O–H groups in total. The summed E-state index contributed by atoms with van der Waals surface area (Å²) in [6.07, 6.45) is 8.94. The molecule has 9 heteroatoms. The summed E-state index contributed by atoms with van der Waals surface area (Å²) in [4.78, 5) is 44.5. The number of cyclic esters (lactones) is 1. The van der Waals surface area contributed by atoms with Gasteiger partial charge in [-0.15, -0.1) is 0 Å². The zero-order chi connectivity index (χ0) is 24.8. The molecule has 8 nitrogen and oxygen atoms in total. The molecule has 4 heterocycles. The van der Waals surface area contributed by atoms with Crippen molar-refractivity contribution >= 4 is 35.1 Å². The highest BCUT2D eigenvalue weighted by Gasteiger charge is 2.74. The van der Waals surface area contributed by atoms with Crippen LogP contribution in [0.5, 0.6) is 0 Å². The van der Waals surface area contributed by atoms with Crippen molar-refractivity contribution in [3.8, 4) is 0 Å². The van der Waals surface area contributed by atoms with Crippen LogP contribution in [0.15, 0.2) is 48.6 Å². The summed E-state index contributed by atoms with van der Waals surface area (Å²) < 4.78 is 12.2. The van der Waals surface area contributed by atoms with Gasteiger partial charge in [0.15, 0.2) is 0 Å². The molecular formula is C26H29ClN2O6. The van der Waals surface area contributed by atoms with Gasteiger partial charge in [-0.1, -0.05) is 35.9 Å². The van der Waals surface area contributed by atoms with E-state index in [0.717, 1.165) is 0 Å². The number of anilines is 1. The average Bonchev–Trinajstić information content (AvgIpc) is 3.14. The summed E-state index contributed by atoms with van der Waals surface area (Å²) in [7, 11) is 0. The lowest BCUT2D eigenvalue weighted by Crippen LogP contribution is -2.56. The summed E-state index contributed by atoms with van der Waals surface area (Å²) in [6.45, 7) is 2.57. The number of hydrogen-bond acceptors (Lipinski definition) is 6. The van der Waals surface area contributed by atoms with Crippen LogP contribution in [0.2, 0.25) is 5.02 Å². The van der Waals surface area contributed by atoms with Gasteiger partial charge in [0.1, 0.15) is 17.6 Å². The third-order valence-corrected chi connectivity index (χ3v) is 7.72. The maximum Gasteiger partial charge on any atom is 0.313 e. The summed E-state index contributed by atoms with van der Waals surface area (Å²) in [5.41, 5.74) is -1.75. The van der Waals surface area contributed by atoms with Gasteiger partial charge in [-0.25, -0.2) is 0 Å². The lowest BCUT2D eigenvalue weighted by Gasteiger charge is -2.37. The Kier molecular flexibility index (Phi) is 6.23. The maximum absolute atomic E-state index is 14.2. The number of aliphatic hydroxyl groups excluding tert-OH is 1. The van der Waals surface area contributed by atoms with Crippen molar-refractivity contribution in [2.45, 2.75) is 43.4 Å². The van der Waals surface area contributed by atoms with E-state index in [1.165, 1.54) is 4.90 Å². The highest BCUT2D eigenvalue weighted by Crippen LogP contribution is 2.57. The number of carbonyl (C=O) groups excluding carboxylic acids is 3. The van der Waals surface area contributed by atoms with E-state index in [4.69, 9.17) is 21.1 Å². The number of esters is 1. The van der Waals surface area contributed by atoms with E-state index in [1.54, 1.807) is 42.2 Å². The molecule has 0 radical (unpaired) electrons. The number of benzene rings is 1. The number of nitrogens with zero attached hydrogens (tertiary/aromatic N) is 2. The topological polar surface area (TPSA) is 96.4 Å². The second-order valence-electron chi connectivity index (χ2n) is 9.65. The third-order valence-electron chi connectivity index (χ3n) is 7.47. The quantitative estimate of drug-likeness (QED) is 0.379. The van der Waals surface area contributed by atoms with Crippen LogP contribution in [0, 0.1) is 11.8 Å². The lowest BCUT2D eigenvalue weighted by molar-refractivity contribution is -0.159. The number of aliphatic hydroxyl groups is 1. The number of rotatable bonds is 5. The third kappa shape index (κ3) is 3.79. The fourth-order valence-electron chi connectivity index (χ4n) is 5.97. The zero-order valence-electron chi connectivity index (χ0n) is 19.6. The van der Waals surface area contributed by atoms with Crippen LogP contribution >= 0.6 is 11.6 Å². The van der Waals surface area contributed by atoms with E-state index in [-0.39, 0.29) is 38.1 Å². The summed E-state index contributed by atoms with van der Waals surface area (Å²) in [5.74, 6) is -2.85. The molecule has 4 aliphatic heterocycles. The molecular weight excluding hydrogens is 472 g/mol. The molecule has 2 amide bonds. The van der Waals surface area contributed by atoms with Gasteiger partial charge in [0, 0.05) is 30.4 Å². The standard InChI is InChI=1S/C26H29ClN2O6/c1-25-11-2-5-16-34-24(33)20(25)19-22(31)29(13-3-4-15-30)21-23(32)28(14-6-12-26(19,21)35-25)18-9-7-17(27)8-10-18/h2,6-12,19-21,30H,3-5,13-16H2,1H3/t19-,20+,21?,25-,26-/m0/s1. The number of hydrogen-bond donors (Lipinski definition) is 1. The Bertz CT molecular complexity index is 1090. The first kappa shape index (κ1) is 24.0. The molecule has 0 bridgehead atoms. The molecule has 1 aromatic carbocycles. The molecule has 0 aliphatic carbocycles. The second kappa shape index (κ2) is 9.08. The molecule has 4 aliphatic rings. The Balaban J connectivity index is 1.62. The number of ether oxygens (including phenoxy) is 2. The number of amides is 2. The normalized spacial score (nSPS) is 34.1. The average molecular weight is 501 g/mol. The van der Waals surface area contributed by atoms with Gasteiger partial charge in [0.05, 0.1) is 18.1 Å². The van der Waals surface area contributed by atoms with Crippen molar-refractivity contribution in [2.75, 3.05) is 31.2 Å². The molecule has 186 valence electrons. The SMILES string of the molecule is C[C@]12C=CCCOC(=O)[C@H]1[C@H]1C(=O)N(CCCCO)C3C(=O)N(c4ccc(Cl)cc4)CC=C[C@@]31O2. The molecule has 0 saturated carbocycles. The maximum atomic E-state index is 14.2. The number of likely N-dealkylation sites (tertiary alicyclic amines) is 1. The summed E-state index contributed by atoms with van der Waals surface area (Å²) in [6, 6.07) is 6.00. The van der Waals surface area contributed by atoms with E-state index < -0.39 is 35.0 Å². The molecule has 5 rings (SSSR count). The lowest BCUT2D eigenvalue weighted by atomic mass is 9.74. The Hall–Kier alpha value is -2.68. The minimum absolute atomic E-state index is 0.0136. The van der Waals surface area contributed by atoms with E-state index in [2.05, 4.69) is 0 Å². The van der Waals surface area contributed by atoms with Crippen LogP contribution in [0.25, 0.3) is 0 Å². The Morgan fingerprint density at radius 2 is 1.83 bits per heavy atom. The minimum atomic E-state index is -1.32. The highest BCUT2D eigenvalue weighted by molar-refractivity contribution is 6.30. The van der Waals surface area contributed by atoms with E-state index in [9.17, 15) is 19.5 Å². The molecule has 35 heavy (non-hydrogen) atoms. The van der Waals surface area contributed by atoms with Gasteiger partial charge < -0.3 is 24.4 Å². The van der Waals surface area contributed by atoms with Gasteiger partial charge >= 0.3 is 5.97 Å². The highest BCUT2D eigenvalue weighted by atomic mass is 35.5. The summed E-state index contributed by atoms with van der Waals surface area (Å²) in [5, 5.41) is 9.85. The van der Waals surface area contributed by atoms with Crippen LogP contribution in [-0.4, -0.2) is 71.3 Å². The largest absolute Gasteiger partial charge is 0.465 e. The molecule has 1 aromatic rings. The molecule has 2 saturated heterocycles. The Labute approximate surface area is 209 Å². The molecule has 2 fully saturated rings. The predicted octanol–water partition coefficient (Wildman–Crippen LogP) is 2.49. The van der Waals surface area contributed by atoms with Crippen molar-refractivity contribution in [3.05, 3.63) is 53.6 Å². The van der Waals surface area contributed by atoms with Crippen molar-refractivity contribution < 1.29 is 29.0 Å². The van der Waals surface area contributed by atoms with Crippen LogP contribution in [0.4, 0.5) is 5.69 Å². The number of unbranched alkanes of at least 4 members (excludes halogenated alkanes) is 1. The van der Waals surface area contributed by atoms with Crippen LogP contribution in [-0.2, 0) is 23.9 Å². The van der Waals surface area contributed by atoms with E-state index in [1.807, 2.05) is 18.2 Å². The number of fused-ring (bicyclic) bond motifs is 2. The molecule has 1 unspecified atom stereocenters. The predicted molar refractivity (Wildman–Crippen MR) is 129 cm³/mol. The fraction of sp³-hybridized carbons (Fsp3) is 0.500. The van der Waals surface area contributed by atoms with E-state index in [0.29, 0.717) is 30.0 Å². The number of carbonyl (C=O) groups is 3. The van der Waals surface area contributed by atoms with Gasteiger partial charge in [0.2, 0.25) is 5.91 Å². The Morgan fingerprint density at radius 1 is 1.06 bits per heavy atom. The first-order valence-electron chi connectivity index (χ1n) is 12.0. The monoisotopic (exact) mass is 500 g/mol. The Morgan fingerprint density at radius 3 is 2.57 bits per heavy atom. The van der Waals surface area contributed by atoms with Crippen molar-refractivity contribution in [1.82, 2.24) is 4.90 Å². The van der Waals surface area contributed by atoms with Gasteiger partial charge in [-0.3, -0.25) is 14.4 Å². The van der Waals surface area contributed by atoms with Gasteiger partial charge in [-0.05, 0) is 50.5 Å². The molecule has 0 aromatic heterocycles. The minimum Gasteiger partial charge on any atom is -0.465 e. The molecule has 1 spiro atoms. The van der Waals surface area contributed by atoms with E-state index >= 15 is 0 Å². The first-order chi connectivity index (χ1) is 16.8. The van der Waals surface area contributed by atoms with Gasteiger partial charge in [0.25, 0.3) is 5.91 Å². The van der Waals surface area contributed by atoms with Crippen molar-refractivity contribution in [2.24, 2.45) is 11.8 Å². The van der Waals surface area contributed by atoms with Crippen LogP contribution in [0.3, 0.4) is 0 Å². The van der Waals surface area contributed by atoms with Crippen molar-refractivity contribution in [1.29, 1.82) is 0 Å². The number of halogens is 1. The molecule has 5 atom stereocenters.